The highest BCUT2D eigenvalue weighted by Crippen LogP contribution is 2.18. The Morgan fingerprint density at radius 3 is 2.61 bits per heavy atom. The van der Waals surface area contributed by atoms with E-state index in [0.717, 1.165) is 25.5 Å². The molecular formula is C16H33IN4O2. The van der Waals surface area contributed by atoms with Gasteiger partial charge in [0.25, 0.3) is 0 Å². The summed E-state index contributed by atoms with van der Waals surface area (Å²) in [6.45, 7) is 11.9. The predicted octanol–water partition coefficient (Wildman–Crippen LogP) is 1.84. The molecule has 1 aliphatic heterocycles. The maximum absolute atomic E-state index is 11.3. The van der Waals surface area contributed by atoms with Gasteiger partial charge in [-0.3, -0.25) is 14.7 Å². The average molecular weight is 440 g/mol. The molecule has 23 heavy (non-hydrogen) atoms. The molecule has 2 unspecified atom stereocenters. The molecule has 2 atom stereocenters. The van der Waals surface area contributed by atoms with E-state index in [4.69, 9.17) is 4.74 Å². The Morgan fingerprint density at radius 2 is 2.09 bits per heavy atom. The average Bonchev–Trinajstić information content (AvgIpc) is 2.84. The summed E-state index contributed by atoms with van der Waals surface area (Å²) in [6.07, 6.45) is 1.19. The van der Waals surface area contributed by atoms with Crippen LogP contribution in [0.1, 0.15) is 40.5 Å². The fourth-order valence-corrected chi connectivity index (χ4v) is 2.66. The lowest BCUT2D eigenvalue weighted by Crippen LogP contribution is -2.47. The number of nitrogens with one attached hydrogen (secondary N) is 2. The third kappa shape index (κ3) is 8.19. The van der Waals surface area contributed by atoms with Crippen molar-refractivity contribution in [2.24, 2.45) is 10.9 Å². The first kappa shape index (κ1) is 22.4. The molecule has 0 aliphatic carbocycles. The quantitative estimate of drug-likeness (QED) is 0.208. The molecule has 0 amide bonds. The van der Waals surface area contributed by atoms with E-state index in [2.05, 4.69) is 41.3 Å². The maximum Gasteiger partial charge on any atom is 0.305 e. The lowest BCUT2D eigenvalue weighted by Gasteiger charge is -2.21. The number of hydrogen-bond donors (Lipinski definition) is 2. The lowest BCUT2D eigenvalue weighted by atomic mass is 10.1. The smallest absolute Gasteiger partial charge is 0.305 e. The molecule has 1 fully saturated rings. The normalized spacial score (nSPS) is 21.9. The van der Waals surface area contributed by atoms with Gasteiger partial charge < -0.3 is 15.4 Å². The van der Waals surface area contributed by atoms with Crippen LogP contribution in [0.3, 0.4) is 0 Å². The van der Waals surface area contributed by atoms with E-state index in [-0.39, 0.29) is 29.9 Å². The van der Waals surface area contributed by atoms with Crippen LogP contribution < -0.4 is 10.6 Å². The molecule has 1 rings (SSSR count). The monoisotopic (exact) mass is 440 g/mol. The summed E-state index contributed by atoms with van der Waals surface area (Å²) in [7, 11) is 1.78. The third-order valence-corrected chi connectivity index (χ3v) is 4.07. The maximum atomic E-state index is 11.3. The molecule has 1 heterocycles. The number of aliphatic imine (C=N–C) groups is 1. The van der Waals surface area contributed by atoms with Crippen LogP contribution >= 0.6 is 24.0 Å². The minimum atomic E-state index is -0.135. The van der Waals surface area contributed by atoms with Crippen LogP contribution in [0.5, 0.6) is 0 Å². The molecule has 0 aromatic carbocycles. The molecule has 0 aromatic rings. The molecule has 0 bridgehead atoms. The summed E-state index contributed by atoms with van der Waals surface area (Å²) in [6, 6.07) is 0.993. The van der Waals surface area contributed by atoms with E-state index in [1.807, 2.05) is 6.92 Å². The van der Waals surface area contributed by atoms with E-state index in [0.29, 0.717) is 37.6 Å². The largest absolute Gasteiger partial charge is 0.466 e. The fraction of sp³-hybridized carbons (Fsp3) is 0.875. The molecule has 1 aliphatic rings. The fourth-order valence-electron chi connectivity index (χ4n) is 2.66. The van der Waals surface area contributed by atoms with Gasteiger partial charge in [-0.05, 0) is 33.1 Å². The zero-order valence-corrected chi connectivity index (χ0v) is 17.4. The minimum absolute atomic E-state index is 0. The SMILES string of the molecule is CCOC(=O)CCCNC(=NC)NC1CN(C(C)C)CC1C.I. The van der Waals surface area contributed by atoms with Crippen LogP contribution in [0.25, 0.3) is 0 Å². The Kier molecular flexibility index (Phi) is 11.6. The summed E-state index contributed by atoms with van der Waals surface area (Å²) >= 11 is 0. The van der Waals surface area contributed by atoms with Crippen LogP contribution in [0.15, 0.2) is 4.99 Å². The molecule has 0 saturated carbocycles. The van der Waals surface area contributed by atoms with Crippen LogP contribution in [0, 0.1) is 5.92 Å². The Balaban J connectivity index is 0.00000484. The van der Waals surface area contributed by atoms with Gasteiger partial charge in [0.2, 0.25) is 0 Å². The summed E-state index contributed by atoms with van der Waals surface area (Å²) in [5.74, 6) is 1.27. The van der Waals surface area contributed by atoms with Crippen molar-refractivity contribution in [1.82, 2.24) is 15.5 Å². The number of hydrogen-bond acceptors (Lipinski definition) is 4. The molecule has 7 heteroatoms. The Hall–Kier alpha value is -0.570. The molecule has 0 spiro atoms. The van der Waals surface area contributed by atoms with E-state index in [1.165, 1.54) is 0 Å². The van der Waals surface area contributed by atoms with Crippen molar-refractivity contribution in [1.29, 1.82) is 0 Å². The lowest BCUT2D eigenvalue weighted by molar-refractivity contribution is -0.143. The number of rotatable bonds is 7. The second kappa shape index (κ2) is 11.9. The van der Waals surface area contributed by atoms with Gasteiger partial charge in [-0.1, -0.05) is 6.92 Å². The molecule has 136 valence electrons. The van der Waals surface area contributed by atoms with E-state index < -0.39 is 0 Å². The number of nitrogens with zero attached hydrogens (tertiary/aromatic N) is 2. The summed E-state index contributed by atoms with van der Waals surface area (Å²) < 4.78 is 4.91. The van der Waals surface area contributed by atoms with Gasteiger partial charge in [-0.25, -0.2) is 0 Å². The van der Waals surface area contributed by atoms with Gasteiger partial charge in [0.15, 0.2) is 5.96 Å². The first-order chi connectivity index (χ1) is 10.5. The number of carbonyl (C=O) groups is 1. The van der Waals surface area contributed by atoms with Crippen LogP contribution in [-0.4, -0.2) is 62.2 Å². The second-order valence-corrected chi connectivity index (χ2v) is 6.18. The standard InChI is InChI=1S/C16H32N4O2.HI/c1-6-22-15(21)8-7-9-18-16(17-5)19-14-11-20(12(2)3)10-13(14)4;/h12-14H,6-11H2,1-5H3,(H2,17,18,19);1H. The number of esters is 1. The van der Waals surface area contributed by atoms with E-state index >= 15 is 0 Å². The van der Waals surface area contributed by atoms with Crippen LogP contribution in [0.2, 0.25) is 0 Å². The summed E-state index contributed by atoms with van der Waals surface area (Å²) in [5, 5.41) is 6.77. The number of halogens is 1. The van der Waals surface area contributed by atoms with E-state index in [1.54, 1.807) is 7.05 Å². The minimum Gasteiger partial charge on any atom is -0.466 e. The molecular weight excluding hydrogens is 407 g/mol. The van der Waals surface area contributed by atoms with Crippen molar-refractivity contribution >= 4 is 35.9 Å². The number of carbonyl (C=O) groups excluding carboxylic acids is 1. The van der Waals surface area contributed by atoms with Gasteiger partial charge in [-0.15, -0.1) is 24.0 Å². The van der Waals surface area contributed by atoms with Crippen molar-refractivity contribution in [3.63, 3.8) is 0 Å². The van der Waals surface area contributed by atoms with Crippen molar-refractivity contribution in [2.75, 3.05) is 33.3 Å². The zero-order chi connectivity index (χ0) is 16.5. The number of ether oxygens (including phenoxy) is 1. The molecule has 0 radical (unpaired) electrons. The Bertz CT molecular complexity index is 377. The molecule has 6 nitrogen and oxygen atoms in total. The van der Waals surface area contributed by atoms with Gasteiger partial charge in [0, 0.05) is 45.2 Å². The first-order valence-electron chi connectivity index (χ1n) is 8.34. The van der Waals surface area contributed by atoms with Gasteiger partial charge in [-0.2, -0.15) is 0 Å². The van der Waals surface area contributed by atoms with E-state index in [9.17, 15) is 4.79 Å². The van der Waals surface area contributed by atoms with Gasteiger partial charge in [0.05, 0.1) is 6.61 Å². The van der Waals surface area contributed by atoms with Gasteiger partial charge in [0.1, 0.15) is 0 Å². The Labute approximate surface area is 157 Å². The highest BCUT2D eigenvalue weighted by Gasteiger charge is 2.31. The van der Waals surface area contributed by atoms with Crippen molar-refractivity contribution in [2.45, 2.75) is 52.6 Å². The van der Waals surface area contributed by atoms with Crippen LogP contribution in [-0.2, 0) is 9.53 Å². The van der Waals surface area contributed by atoms with Crippen molar-refractivity contribution in [3.8, 4) is 0 Å². The summed E-state index contributed by atoms with van der Waals surface area (Å²) in [4.78, 5) is 18.0. The predicted molar refractivity (Wildman–Crippen MR) is 105 cm³/mol. The first-order valence-corrected chi connectivity index (χ1v) is 8.34. The second-order valence-electron chi connectivity index (χ2n) is 6.18. The molecule has 0 aromatic heterocycles. The van der Waals surface area contributed by atoms with Gasteiger partial charge >= 0.3 is 5.97 Å². The van der Waals surface area contributed by atoms with Crippen molar-refractivity contribution < 1.29 is 9.53 Å². The third-order valence-electron chi connectivity index (χ3n) is 4.07. The molecule has 2 N–H and O–H groups in total. The zero-order valence-electron chi connectivity index (χ0n) is 15.1. The highest BCUT2D eigenvalue weighted by molar-refractivity contribution is 14.0. The topological polar surface area (TPSA) is 66.0 Å². The summed E-state index contributed by atoms with van der Waals surface area (Å²) in [5.41, 5.74) is 0. The number of likely N-dealkylation sites (tertiary alicyclic amines) is 1. The highest BCUT2D eigenvalue weighted by atomic mass is 127. The molecule has 1 saturated heterocycles. The Morgan fingerprint density at radius 1 is 1.39 bits per heavy atom. The van der Waals surface area contributed by atoms with Crippen LogP contribution in [0.4, 0.5) is 0 Å². The number of guanidine groups is 1. The van der Waals surface area contributed by atoms with Crippen molar-refractivity contribution in [3.05, 3.63) is 0 Å².